The Labute approximate surface area is 134 Å². The molecule has 6 nitrogen and oxygen atoms in total. The van der Waals surface area contributed by atoms with Crippen molar-refractivity contribution in [1.82, 2.24) is 10.6 Å². The summed E-state index contributed by atoms with van der Waals surface area (Å²) in [4.78, 5) is 35.1. The molecule has 0 radical (unpaired) electrons. The predicted molar refractivity (Wildman–Crippen MR) is 85.6 cm³/mol. The molecule has 1 rings (SSSR count). The van der Waals surface area contributed by atoms with Gasteiger partial charge in [-0.1, -0.05) is 24.9 Å². The van der Waals surface area contributed by atoms with Crippen LogP contribution in [0.3, 0.4) is 0 Å². The molecule has 0 aliphatic heterocycles. The Bertz CT molecular complexity index is 531. The number of hydrogen-bond acceptors (Lipinski definition) is 3. The fourth-order valence-corrected chi connectivity index (χ4v) is 1.70. The van der Waals surface area contributed by atoms with Crippen LogP contribution in [0.4, 0.5) is 5.69 Å². The lowest BCUT2D eigenvalue weighted by Crippen LogP contribution is -2.48. The molecule has 0 aliphatic rings. The summed E-state index contributed by atoms with van der Waals surface area (Å²) in [6, 6.07) is 5.74. The molecule has 22 heavy (non-hydrogen) atoms. The Hall–Kier alpha value is -2.08. The van der Waals surface area contributed by atoms with E-state index in [0.29, 0.717) is 17.3 Å². The van der Waals surface area contributed by atoms with Crippen LogP contribution in [0.5, 0.6) is 0 Å². The second-order valence-corrected chi connectivity index (χ2v) is 5.24. The normalized spacial score (nSPS) is 11.4. The lowest BCUT2D eigenvalue weighted by atomic mass is 10.2. The zero-order valence-corrected chi connectivity index (χ0v) is 13.4. The van der Waals surface area contributed by atoms with Crippen molar-refractivity contribution in [2.24, 2.45) is 0 Å². The van der Waals surface area contributed by atoms with Gasteiger partial charge in [0.25, 0.3) is 0 Å². The van der Waals surface area contributed by atoms with Gasteiger partial charge in [0.15, 0.2) is 0 Å². The average Bonchev–Trinajstić information content (AvgIpc) is 2.49. The van der Waals surface area contributed by atoms with Crippen molar-refractivity contribution in [2.45, 2.75) is 32.7 Å². The molecule has 0 saturated heterocycles. The van der Waals surface area contributed by atoms with E-state index in [1.165, 1.54) is 6.92 Å². The lowest BCUT2D eigenvalue weighted by Gasteiger charge is -2.14. The van der Waals surface area contributed by atoms with E-state index in [1.807, 2.05) is 6.92 Å². The fraction of sp³-hybridized carbons (Fsp3) is 0.400. The number of benzene rings is 1. The van der Waals surface area contributed by atoms with Crippen LogP contribution in [-0.2, 0) is 14.4 Å². The molecule has 1 aromatic rings. The van der Waals surface area contributed by atoms with Crippen molar-refractivity contribution in [2.75, 3.05) is 11.9 Å². The highest BCUT2D eigenvalue weighted by atomic mass is 35.5. The van der Waals surface area contributed by atoms with Gasteiger partial charge in [0.2, 0.25) is 5.91 Å². The molecule has 7 heteroatoms. The maximum Gasteiger partial charge on any atom is 0.309 e. The van der Waals surface area contributed by atoms with Crippen molar-refractivity contribution < 1.29 is 14.4 Å². The second-order valence-electron chi connectivity index (χ2n) is 4.80. The molecule has 0 aromatic heterocycles. The summed E-state index contributed by atoms with van der Waals surface area (Å²) >= 11 is 5.75. The maximum absolute atomic E-state index is 11.9. The number of halogens is 1. The summed E-state index contributed by atoms with van der Waals surface area (Å²) in [5.41, 5.74) is 0.558. The number of carbonyl (C=O) groups excluding carboxylic acids is 3. The van der Waals surface area contributed by atoms with Crippen LogP contribution >= 0.6 is 11.6 Å². The Balaban J connectivity index is 2.44. The van der Waals surface area contributed by atoms with Crippen LogP contribution in [0.2, 0.25) is 5.02 Å². The quantitative estimate of drug-likeness (QED) is 0.549. The third-order valence-electron chi connectivity index (χ3n) is 2.87. The monoisotopic (exact) mass is 325 g/mol. The predicted octanol–water partition coefficient (Wildman–Crippen LogP) is 1.70. The third-order valence-corrected chi connectivity index (χ3v) is 3.13. The van der Waals surface area contributed by atoms with Gasteiger partial charge in [-0.3, -0.25) is 14.4 Å². The molecule has 3 amide bonds. The SMILES string of the molecule is CCCCNC(=O)C(=O)N[C@@H](C)C(=O)Nc1ccc(Cl)cc1. The highest BCUT2D eigenvalue weighted by Crippen LogP contribution is 2.13. The maximum atomic E-state index is 11.9. The van der Waals surface area contributed by atoms with Crippen LogP contribution in [0.1, 0.15) is 26.7 Å². The van der Waals surface area contributed by atoms with Crippen LogP contribution in [0.25, 0.3) is 0 Å². The summed E-state index contributed by atoms with van der Waals surface area (Å²) in [6.07, 6.45) is 1.72. The first kappa shape index (κ1) is 18.0. The van der Waals surface area contributed by atoms with Gasteiger partial charge < -0.3 is 16.0 Å². The van der Waals surface area contributed by atoms with Crippen molar-refractivity contribution in [3.05, 3.63) is 29.3 Å². The lowest BCUT2D eigenvalue weighted by molar-refractivity contribution is -0.140. The minimum Gasteiger partial charge on any atom is -0.348 e. The smallest absolute Gasteiger partial charge is 0.309 e. The average molecular weight is 326 g/mol. The molecule has 0 saturated carbocycles. The molecule has 0 aliphatic carbocycles. The second kappa shape index (κ2) is 9.04. The fourth-order valence-electron chi connectivity index (χ4n) is 1.57. The molecule has 1 atom stereocenters. The molecular weight excluding hydrogens is 306 g/mol. The first-order valence-electron chi connectivity index (χ1n) is 7.09. The van der Waals surface area contributed by atoms with Gasteiger partial charge in [-0.2, -0.15) is 0 Å². The van der Waals surface area contributed by atoms with E-state index in [4.69, 9.17) is 11.6 Å². The van der Waals surface area contributed by atoms with Crippen molar-refractivity contribution in [3.8, 4) is 0 Å². The van der Waals surface area contributed by atoms with Gasteiger partial charge in [-0.05, 0) is 37.6 Å². The Morgan fingerprint density at radius 1 is 1.14 bits per heavy atom. The molecule has 0 fully saturated rings. The number of carbonyl (C=O) groups is 3. The molecule has 120 valence electrons. The number of hydrogen-bond donors (Lipinski definition) is 3. The van der Waals surface area contributed by atoms with E-state index < -0.39 is 23.8 Å². The first-order chi connectivity index (χ1) is 10.4. The minimum atomic E-state index is -0.833. The van der Waals surface area contributed by atoms with Gasteiger partial charge in [0, 0.05) is 17.3 Å². The van der Waals surface area contributed by atoms with Crippen LogP contribution in [-0.4, -0.2) is 30.3 Å². The summed E-state index contributed by atoms with van der Waals surface area (Å²) < 4.78 is 0. The van der Waals surface area contributed by atoms with Gasteiger partial charge in [0.05, 0.1) is 0 Å². The largest absolute Gasteiger partial charge is 0.348 e. The Morgan fingerprint density at radius 2 is 1.77 bits per heavy atom. The van der Waals surface area contributed by atoms with E-state index in [0.717, 1.165) is 12.8 Å². The summed E-state index contributed by atoms with van der Waals surface area (Å²) in [7, 11) is 0. The topological polar surface area (TPSA) is 87.3 Å². The van der Waals surface area contributed by atoms with E-state index in [1.54, 1.807) is 24.3 Å². The van der Waals surface area contributed by atoms with Crippen LogP contribution < -0.4 is 16.0 Å². The Morgan fingerprint density at radius 3 is 2.36 bits per heavy atom. The Kier molecular flexibility index (Phi) is 7.39. The highest BCUT2D eigenvalue weighted by molar-refractivity contribution is 6.35. The van der Waals surface area contributed by atoms with Gasteiger partial charge in [0.1, 0.15) is 6.04 Å². The zero-order valence-electron chi connectivity index (χ0n) is 12.6. The van der Waals surface area contributed by atoms with Gasteiger partial charge in [-0.25, -0.2) is 0 Å². The number of anilines is 1. The molecule has 0 heterocycles. The number of unbranched alkanes of at least 4 members (excludes halogenated alkanes) is 1. The summed E-state index contributed by atoms with van der Waals surface area (Å²) in [5.74, 6) is -1.98. The molecule has 0 unspecified atom stereocenters. The van der Waals surface area contributed by atoms with E-state index in [-0.39, 0.29) is 0 Å². The highest BCUT2D eigenvalue weighted by Gasteiger charge is 2.20. The summed E-state index contributed by atoms with van der Waals surface area (Å²) in [5, 5.41) is 8.02. The number of rotatable bonds is 6. The van der Waals surface area contributed by atoms with E-state index in [2.05, 4.69) is 16.0 Å². The summed E-state index contributed by atoms with van der Waals surface area (Å²) in [6.45, 7) is 3.92. The molecule has 0 spiro atoms. The third kappa shape index (κ3) is 6.13. The molecular formula is C15H20ClN3O3. The van der Waals surface area contributed by atoms with Crippen LogP contribution in [0.15, 0.2) is 24.3 Å². The zero-order chi connectivity index (χ0) is 16.5. The molecule has 3 N–H and O–H groups in total. The standard InChI is InChI=1S/C15H20ClN3O3/c1-3-4-9-17-14(21)15(22)18-10(2)13(20)19-12-7-5-11(16)6-8-12/h5-8,10H,3-4,9H2,1-2H3,(H,17,21)(H,18,22)(H,19,20)/t10-/m0/s1. The van der Waals surface area contributed by atoms with Crippen LogP contribution in [0, 0.1) is 0 Å². The number of amides is 3. The van der Waals surface area contributed by atoms with E-state index in [9.17, 15) is 14.4 Å². The van der Waals surface area contributed by atoms with Crippen molar-refractivity contribution in [1.29, 1.82) is 0 Å². The van der Waals surface area contributed by atoms with Crippen molar-refractivity contribution in [3.63, 3.8) is 0 Å². The van der Waals surface area contributed by atoms with Crippen molar-refractivity contribution >= 4 is 35.0 Å². The first-order valence-corrected chi connectivity index (χ1v) is 7.47. The number of nitrogens with one attached hydrogen (secondary N) is 3. The van der Waals surface area contributed by atoms with Gasteiger partial charge in [-0.15, -0.1) is 0 Å². The van der Waals surface area contributed by atoms with Gasteiger partial charge >= 0.3 is 11.8 Å². The molecule has 1 aromatic carbocycles. The molecule has 0 bridgehead atoms. The van der Waals surface area contributed by atoms with E-state index >= 15 is 0 Å². The minimum absolute atomic E-state index is 0.419.